The van der Waals surface area contributed by atoms with E-state index >= 15 is 0 Å². The Balaban J connectivity index is 1.94. The second kappa shape index (κ2) is 6.20. The summed E-state index contributed by atoms with van der Waals surface area (Å²) in [5.74, 6) is -0.316. The predicted molar refractivity (Wildman–Crippen MR) is 88.1 cm³/mol. The number of fused-ring (bicyclic) bond motifs is 1. The smallest absolute Gasteiger partial charge is 0.332 e. The number of nitrogens with zero attached hydrogens (tertiary/aromatic N) is 3. The number of nitrogens with one attached hydrogen (secondary N) is 1. The Kier molecular flexibility index (Phi) is 4.23. The Morgan fingerprint density at radius 3 is 2.79 bits per heavy atom. The standard InChI is InChI=1S/C16H20N4O4/c1-9(12-5-4-6-24-12)18-14(21)10-7-11-13(17-8-10)19(2)16(23)20(3)15(11)22/h7-9,12H,4-6H2,1-3H3,(H,18,21). The zero-order valence-electron chi connectivity index (χ0n) is 13.9. The van der Waals surface area contributed by atoms with Gasteiger partial charge < -0.3 is 10.1 Å². The molecule has 2 unspecified atom stereocenters. The van der Waals surface area contributed by atoms with Crippen LogP contribution in [-0.2, 0) is 18.8 Å². The molecule has 1 saturated heterocycles. The molecule has 1 amide bonds. The van der Waals surface area contributed by atoms with Gasteiger partial charge in [-0.1, -0.05) is 0 Å². The van der Waals surface area contributed by atoms with E-state index in [9.17, 15) is 14.4 Å². The van der Waals surface area contributed by atoms with Gasteiger partial charge in [0.05, 0.1) is 23.1 Å². The lowest BCUT2D eigenvalue weighted by molar-refractivity contribution is 0.0712. The zero-order valence-corrected chi connectivity index (χ0v) is 13.9. The van der Waals surface area contributed by atoms with E-state index in [4.69, 9.17) is 4.74 Å². The Labute approximate surface area is 138 Å². The van der Waals surface area contributed by atoms with E-state index in [1.54, 1.807) is 0 Å². The molecule has 2 aromatic rings. The van der Waals surface area contributed by atoms with E-state index in [0.29, 0.717) is 6.61 Å². The van der Waals surface area contributed by atoms with Crippen molar-refractivity contribution in [2.75, 3.05) is 6.61 Å². The van der Waals surface area contributed by atoms with Crippen LogP contribution in [-0.4, -0.2) is 38.8 Å². The van der Waals surface area contributed by atoms with Gasteiger partial charge in [-0.15, -0.1) is 0 Å². The normalized spacial score (nSPS) is 18.7. The summed E-state index contributed by atoms with van der Waals surface area (Å²) in [6.45, 7) is 2.61. The monoisotopic (exact) mass is 332 g/mol. The predicted octanol–water partition coefficient (Wildman–Crippen LogP) is -0.0705. The summed E-state index contributed by atoms with van der Waals surface area (Å²) in [5.41, 5.74) is -0.387. The molecule has 3 rings (SSSR count). The minimum atomic E-state index is -0.470. The van der Waals surface area contributed by atoms with E-state index in [1.165, 1.54) is 30.9 Å². The fourth-order valence-electron chi connectivity index (χ4n) is 2.97. The SMILES string of the molecule is CC(NC(=O)c1cnc2c(c1)c(=O)n(C)c(=O)n2C)C1CCCO1. The number of hydrogen-bond donors (Lipinski definition) is 1. The van der Waals surface area contributed by atoms with Crippen LogP contribution in [0.25, 0.3) is 11.0 Å². The Morgan fingerprint density at radius 2 is 2.12 bits per heavy atom. The maximum absolute atomic E-state index is 12.4. The van der Waals surface area contributed by atoms with Gasteiger partial charge in [0, 0.05) is 26.9 Å². The maximum Gasteiger partial charge on any atom is 0.332 e. The van der Waals surface area contributed by atoms with Crippen molar-refractivity contribution in [3.63, 3.8) is 0 Å². The van der Waals surface area contributed by atoms with Gasteiger partial charge in [-0.05, 0) is 25.8 Å². The topological polar surface area (TPSA) is 95.2 Å². The Hall–Kier alpha value is -2.48. The van der Waals surface area contributed by atoms with Crippen LogP contribution in [0.2, 0.25) is 0 Å². The molecule has 0 saturated carbocycles. The van der Waals surface area contributed by atoms with Crippen molar-refractivity contribution in [3.05, 3.63) is 38.7 Å². The van der Waals surface area contributed by atoms with Crippen LogP contribution in [0.5, 0.6) is 0 Å². The minimum Gasteiger partial charge on any atom is -0.376 e. The van der Waals surface area contributed by atoms with Crippen LogP contribution in [0.3, 0.4) is 0 Å². The molecule has 0 radical (unpaired) electrons. The molecule has 128 valence electrons. The van der Waals surface area contributed by atoms with Gasteiger partial charge in [0.25, 0.3) is 11.5 Å². The number of aryl methyl sites for hydroxylation is 1. The van der Waals surface area contributed by atoms with Gasteiger partial charge in [-0.2, -0.15) is 0 Å². The van der Waals surface area contributed by atoms with Crippen LogP contribution < -0.4 is 16.6 Å². The zero-order chi connectivity index (χ0) is 17.4. The van der Waals surface area contributed by atoms with E-state index in [1.807, 2.05) is 6.92 Å². The number of carbonyl (C=O) groups is 1. The number of aromatic nitrogens is 3. The summed E-state index contributed by atoms with van der Waals surface area (Å²) in [5, 5.41) is 3.11. The van der Waals surface area contributed by atoms with Crippen molar-refractivity contribution >= 4 is 16.9 Å². The summed E-state index contributed by atoms with van der Waals surface area (Å²) < 4.78 is 7.85. The molecule has 3 heterocycles. The average molecular weight is 332 g/mol. The van der Waals surface area contributed by atoms with E-state index in [0.717, 1.165) is 17.4 Å². The third kappa shape index (κ3) is 2.73. The summed E-state index contributed by atoms with van der Waals surface area (Å²) >= 11 is 0. The largest absolute Gasteiger partial charge is 0.376 e. The molecule has 2 atom stereocenters. The second-order valence-corrected chi connectivity index (χ2v) is 6.11. The van der Waals surface area contributed by atoms with Crippen molar-refractivity contribution in [3.8, 4) is 0 Å². The van der Waals surface area contributed by atoms with E-state index in [-0.39, 0.29) is 34.6 Å². The lowest BCUT2D eigenvalue weighted by atomic mass is 10.1. The van der Waals surface area contributed by atoms with E-state index < -0.39 is 11.2 Å². The second-order valence-electron chi connectivity index (χ2n) is 6.11. The van der Waals surface area contributed by atoms with Crippen LogP contribution in [0.4, 0.5) is 0 Å². The number of hydrogen-bond acceptors (Lipinski definition) is 5. The highest BCUT2D eigenvalue weighted by Crippen LogP contribution is 2.16. The Morgan fingerprint density at radius 1 is 1.38 bits per heavy atom. The molecular weight excluding hydrogens is 312 g/mol. The first-order valence-electron chi connectivity index (χ1n) is 7.88. The fourth-order valence-corrected chi connectivity index (χ4v) is 2.97. The molecule has 1 N–H and O–H groups in total. The van der Waals surface area contributed by atoms with E-state index in [2.05, 4.69) is 10.3 Å². The summed E-state index contributed by atoms with van der Waals surface area (Å²) in [6.07, 6.45) is 3.29. The first-order chi connectivity index (χ1) is 11.4. The molecule has 1 fully saturated rings. The van der Waals surface area contributed by atoms with Crippen molar-refractivity contribution in [2.45, 2.75) is 31.9 Å². The average Bonchev–Trinajstić information content (AvgIpc) is 3.12. The quantitative estimate of drug-likeness (QED) is 0.849. The molecular formula is C16H20N4O4. The summed E-state index contributed by atoms with van der Waals surface area (Å²) in [7, 11) is 2.94. The molecule has 2 aromatic heterocycles. The molecule has 0 aliphatic carbocycles. The first kappa shape index (κ1) is 16.4. The van der Waals surface area contributed by atoms with Gasteiger partial charge in [-0.3, -0.25) is 18.7 Å². The lowest BCUT2D eigenvalue weighted by Crippen LogP contribution is -2.41. The fraction of sp³-hybridized carbons (Fsp3) is 0.500. The molecule has 0 spiro atoms. The first-order valence-corrected chi connectivity index (χ1v) is 7.88. The van der Waals surface area contributed by atoms with Crippen molar-refractivity contribution in [1.29, 1.82) is 0 Å². The van der Waals surface area contributed by atoms with Crippen LogP contribution in [0.1, 0.15) is 30.1 Å². The summed E-state index contributed by atoms with van der Waals surface area (Å²) in [4.78, 5) is 40.7. The van der Waals surface area contributed by atoms with Crippen LogP contribution in [0.15, 0.2) is 21.9 Å². The number of amides is 1. The lowest BCUT2D eigenvalue weighted by Gasteiger charge is -2.20. The number of carbonyl (C=O) groups excluding carboxylic acids is 1. The summed E-state index contributed by atoms with van der Waals surface area (Å²) in [6, 6.07) is 1.35. The number of pyridine rings is 1. The molecule has 0 aromatic carbocycles. The molecule has 1 aliphatic rings. The van der Waals surface area contributed by atoms with Crippen LogP contribution >= 0.6 is 0 Å². The maximum atomic E-state index is 12.4. The third-order valence-corrected chi connectivity index (χ3v) is 4.44. The Bertz CT molecular complexity index is 909. The van der Waals surface area contributed by atoms with Gasteiger partial charge in [0.15, 0.2) is 0 Å². The molecule has 8 nitrogen and oxygen atoms in total. The minimum absolute atomic E-state index is 0.0102. The number of rotatable bonds is 3. The third-order valence-electron chi connectivity index (χ3n) is 4.44. The highest BCUT2D eigenvalue weighted by atomic mass is 16.5. The molecule has 0 bridgehead atoms. The molecule has 8 heteroatoms. The van der Waals surface area contributed by atoms with Gasteiger partial charge in [-0.25, -0.2) is 9.78 Å². The van der Waals surface area contributed by atoms with Crippen molar-refractivity contribution < 1.29 is 9.53 Å². The molecule has 1 aliphatic heterocycles. The van der Waals surface area contributed by atoms with Gasteiger partial charge in [0.1, 0.15) is 5.65 Å². The van der Waals surface area contributed by atoms with Crippen molar-refractivity contribution in [2.24, 2.45) is 14.1 Å². The highest BCUT2D eigenvalue weighted by molar-refractivity contribution is 5.96. The highest BCUT2D eigenvalue weighted by Gasteiger charge is 2.24. The van der Waals surface area contributed by atoms with Crippen molar-refractivity contribution in [1.82, 2.24) is 19.4 Å². The van der Waals surface area contributed by atoms with Gasteiger partial charge >= 0.3 is 5.69 Å². The van der Waals surface area contributed by atoms with Crippen LogP contribution in [0, 0.1) is 0 Å². The van der Waals surface area contributed by atoms with Gasteiger partial charge in [0.2, 0.25) is 0 Å². The molecule has 24 heavy (non-hydrogen) atoms. The number of ether oxygens (including phenoxy) is 1.